The summed E-state index contributed by atoms with van der Waals surface area (Å²) in [5.41, 5.74) is 13.6. The molecule has 6 rings (SSSR count). The molecule has 0 bridgehead atoms. The van der Waals surface area contributed by atoms with E-state index >= 15 is 0 Å². The van der Waals surface area contributed by atoms with Crippen molar-refractivity contribution in [2.45, 2.75) is 53.1 Å². The number of fused-ring (bicyclic) bond motifs is 3. The molecule has 0 saturated carbocycles. The fourth-order valence-corrected chi connectivity index (χ4v) is 5.26. The van der Waals surface area contributed by atoms with Gasteiger partial charge in [0.15, 0.2) is 5.65 Å². The Balaban J connectivity index is 1.38. The molecular weight excluding hydrogens is 438 g/mol. The molecule has 3 aromatic heterocycles. The SMILES string of the molecule is Cc1nc2ncc(-c3ccc4c(c3)CN(c3nc(CN)nc5c3CC(C)(C)CC5)CCO4)cc2[nH]1. The maximum absolute atomic E-state index is 6.16. The van der Waals surface area contributed by atoms with E-state index in [1.807, 2.05) is 13.1 Å². The van der Waals surface area contributed by atoms with Crippen LogP contribution >= 0.6 is 0 Å². The van der Waals surface area contributed by atoms with E-state index in [2.05, 4.69) is 58.0 Å². The number of nitrogens with zero attached hydrogens (tertiary/aromatic N) is 5. The van der Waals surface area contributed by atoms with Gasteiger partial charge in [-0.3, -0.25) is 0 Å². The minimum atomic E-state index is 0.236. The molecule has 35 heavy (non-hydrogen) atoms. The Bertz CT molecular complexity index is 1420. The van der Waals surface area contributed by atoms with Crippen LogP contribution in [0.2, 0.25) is 0 Å². The van der Waals surface area contributed by atoms with Gasteiger partial charge in [-0.15, -0.1) is 0 Å². The fraction of sp³-hybridized carbons (Fsp3) is 0.407. The lowest BCUT2D eigenvalue weighted by atomic mass is 9.76. The summed E-state index contributed by atoms with van der Waals surface area (Å²) in [7, 11) is 0. The Morgan fingerprint density at radius 2 is 2.03 bits per heavy atom. The summed E-state index contributed by atoms with van der Waals surface area (Å²) >= 11 is 0. The van der Waals surface area contributed by atoms with Crippen molar-refractivity contribution in [1.82, 2.24) is 24.9 Å². The van der Waals surface area contributed by atoms with Gasteiger partial charge >= 0.3 is 0 Å². The van der Waals surface area contributed by atoms with E-state index in [1.165, 1.54) is 5.56 Å². The van der Waals surface area contributed by atoms with Crippen molar-refractivity contribution in [1.29, 1.82) is 0 Å². The minimum Gasteiger partial charge on any atom is -0.491 e. The molecule has 0 spiro atoms. The monoisotopic (exact) mass is 469 g/mol. The van der Waals surface area contributed by atoms with Crippen molar-refractivity contribution in [3.8, 4) is 16.9 Å². The smallest absolute Gasteiger partial charge is 0.177 e. The van der Waals surface area contributed by atoms with E-state index in [9.17, 15) is 0 Å². The highest BCUT2D eigenvalue weighted by molar-refractivity contribution is 5.78. The van der Waals surface area contributed by atoms with Crippen molar-refractivity contribution in [2.75, 3.05) is 18.1 Å². The molecule has 1 aliphatic heterocycles. The lowest BCUT2D eigenvalue weighted by molar-refractivity contribution is 0.310. The summed E-state index contributed by atoms with van der Waals surface area (Å²) in [6.07, 6.45) is 4.96. The molecule has 0 atom stereocenters. The molecule has 0 saturated heterocycles. The van der Waals surface area contributed by atoms with Gasteiger partial charge in [0.25, 0.3) is 0 Å². The van der Waals surface area contributed by atoms with Gasteiger partial charge in [0.2, 0.25) is 0 Å². The average Bonchev–Trinajstić information content (AvgIpc) is 3.08. The predicted octanol–water partition coefficient (Wildman–Crippen LogP) is 4.10. The van der Waals surface area contributed by atoms with Crippen molar-refractivity contribution >= 4 is 17.0 Å². The molecule has 8 heteroatoms. The number of aryl methyl sites for hydroxylation is 2. The number of ether oxygens (including phenoxy) is 1. The Kier molecular flexibility index (Phi) is 5.21. The molecule has 1 aliphatic carbocycles. The van der Waals surface area contributed by atoms with Gasteiger partial charge in [0.1, 0.15) is 29.8 Å². The molecular formula is C27H31N7O. The summed E-state index contributed by atoms with van der Waals surface area (Å²) in [5, 5.41) is 0. The third kappa shape index (κ3) is 4.12. The number of aromatic amines is 1. The molecule has 0 amide bonds. The van der Waals surface area contributed by atoms with Gasteiger partial charge in [-0.05, 0) is 55.4 Å². The summed E-state index contributed by atoms with van der Waals surface area (Å²) in [6.45, 7) is 9.03. The van der Waals surface area contributed by atoms with E-state index in [-0.39, 0.29) is 5.41 Å². The van der Waals surface area contributed by atoms with Gasteiger partial charge in [0.05, 0.1) is 18.6 Å². The van der Waals surface area contributed by atoms with E-state index in [0.717, 1.165) is 83.3 Å². The van der Waals surface area contributed by atoms with Crippen molar-refractivity contribution < 1.29 is 4.74 Å². The first kappa shape index (κ1) is 22.0. The number of anilines is 1. The fourth-order valence-electron chi connectivity index (χ4n) is 5.26. The Hall–Kier alpha value is -3.52. The highest BCUT2D eigenvalue weighted by Gasteiger charge is 2.31. The van der Waals surface area contributed by atoms with Gasteiger partial charge in [-0.25, -0.2) is 19.9 Å². The molecule has 0 unspecified atom stereocenters. The molecule has 0 radical (unpaired) electrons. The standard InChI is InChI=1S/C27H31N7O/c1-16-30-22-11-18(14-29-25(22)31-16)17-4-5-23-19(10-17)15-34(8-9-35-23)26-20-12-27(2,3)7-6-21(20)32-24(13-28)33-26/h4-5,10-11,14H,6-9,12-13,15,28H2,1-3H3,(H,29,30,31). The number of aromatic nitrogens is 5. The molecule has 3 N–H and O–H groups in total. The van der Waals surface area contributed by atoms with Gasteiger partial charge < -0.3 is 20.4 Å². The second kappa shape index (κ2) is 8.30. The van der Waals surface area contributed by atoms with E-state index in [0.29, 0.717) is 19.0 Å². The Morgan fingerprint density at radius 3 is 2.89 bits per heavy atom. The number of nitrogens with one attached hydrogen (secondary N) is 1. The van der Waals surface area contributed by atoms with Gasteiger partial charge in [-0.2, -0.15) is 0 Å². The van der Waals surface area contributed by atoms with Crippen LogP contribution in [0.4, 0.5) is 5.82 Å². The number of rotatable bonds is 3. The molecule has 2 aliphatic rings. The van der Waals surface area contributed by atoms with Crippen LogP contribution in [0.3, 0.4) is 0 Å². The van der Waals surface area contributed by atoms with Crippen molar-refractivity contribution in [3.05, 3.63) is 58.9 Å². The van der Waals surface area contributed by atoms with Crippen LogP contribution in [0.25, 0.3) is 22.3 Å². The van der Waals surface area contributed by atoms with Gasteiger partial charge in [-0.1, -0.05) is 19.9 Å². The summed E-state index contributed by atoms with van der Waals surface area (Å²) < 4.78 is 6.16. The first-order chi connectivity index (χ1) is 16.9. The number of benzene rings is 1. The van der Waals surface area contributed by atoms with Crippen molar-refractivity contribution in [2.24, 2.45) is 11.1 Å². The molecule has 180 valence electrons. The van der Waals surface area contributed by atoms with E-state index in [1.54, 1.807) is 0 Å². The first-order valence-electron chi connectivity index (χ1n) is 12.3. The minimum absolute atomic E-state index is 0.236. The number of H-pyrrole nitrogens is 1. The zero-order valence-electron chi connectivity index (χ0n) is 20.6. The summed E-state index contributed by atoms with van der Waals surface area (Å²) in [5.74, 6) is 3.52. The normalized spacial score (nSPS) is 17.0. The van der Waals surface area contributed by atoms with Gasteiger partial charge in [0, 0.05) is 35.1 Å². The number of pyridine rings is 1. The largest absolute Gasteiger partial charge is 0.491 e. The van der Waals surface area contributed by atoms with Crippen molar-refractivity contribution in [3.63, 3.8) is 0 Å². The van der Waals surface area contributed by atoms with E-state index < -0.39 is 0 Å². The predicted molar refractivity (Wildman–Crippen MR) is 136 cm³/mol. The molecule has 4 aromatic rings. The van der Waals surface area contributed by atoms with E-state index in [4.69, 9.17) is 20.4 Å². The second-order valence-electron chi connectivity index (χ2n) is 10.4. The zero-order valence-corrected chi connectivity index (χ0v) is 20.6. The van der Waals surface area contributed by atoms with Crippen LogP contribution in [0.15, 0.2) is 30.5 Å². The van der Waals surface area contributed by atoms with Crippen LogP contribution in [-0.2, 0) is 25.9 Å². The Labute approximate surface area is 205 Å². The Morgan fingerprint density at radius 1 is 1.14 bits per heavy atom. The molecule has 1 aromatic carbocycles. The number of imidazole rings is 1. The first-order valence-corrected chi connectivity index (χ1v) is 12.3. The highest BCUT2D eigenvalue weighted by Crippen LogP contribution is 2.39. The van der Waals surface area contributed by atoms with Crippen LogP contribution in [0.5, 0.6) is 5.75 Å². The van der Waals surface area contributed by atoms with Crippen LogP contribution in [-0.4, -0.2) is 38.1 Å². The zero-order chi connectivity index (χ0) is 24.2. The quantitative estimate of drug-likeness (QED) is 0.465. The highest BCUT2D eigenvalue weighted by atomic mass is 16.5. The molecule has 8 nitrogen and oxygen atoms in total. The third-order valence-corrected chi connectivity index (χ3v) is 7.12. The van der Waals surface area contributed by atoms with Crippen LogP contribution in [0.1, 0.15) is 48.7 Å². The lowest BCUT2D eigenvalue weighted by Gasteiger charge is -2.34. The summed E-state index contributed by atoms with van der Waals surface area (Å²) in [4.78, 5) is 24.3. The lowest BCUT2D eigenvalue weighted by Crippen LogP contribution is -2.32. The second-order valence-corrected chi connectivity index (χ2v) is 10.4. The maximum atomic E-state index is 6.16. The average molecular weight is 470 g/mol. The van der Waals surface area contributed by atoms with Crippen LogP contribution < -0.4 is 15.4 Å². The summed E-state index contributed by atoms with van der Waals surface area (Å²) in [6, 6.07) is 8.49. The number of nitrogens with two attached hydrogens (primary N) is 1. The maximum Gasteiger partial charge on any atom is 0.177 e. The topological polar surface area (TPSA) is 106 Å². The van der Waals surface area contributed by atoms with Crippen LogP contribution in [0, 0.1) is 12.3 Å². The number of hydrogen-bond acceptors (Lipinski definition) is 7. The third-order valence-electron chi connectivity index (χ3n) is 7.12. The number of hydrogen-bond donors (Lipinski definition) is 2. The molecule has 0 fully saturated rings. The molecule has 4 heterocycles.